The van der Waals surface area contributed by atoms with Gasteiger partial charge in [-0.2, -0.15) is 0 Å². The molecule has 16 aromatic carbocycles. The minimum Gasteiger partial charge on any atom is -0.300 e. The summed E-state index contributed by atoms with van der Waals surface area (Å²) in [6, 6.07) is 56.9. The summed E-state index contributed by atoms with van der Waals surface area (Å²) in [6.45, 7) is 76.4. The molecule has 0 aliphatic rings. The van der Waals surface area contributed by atoms with Gasteiger partial charge in [0.05, 0.1) is 0 Å². The van der Waals surface area contributed by atoms with E-state index >= 15 is 0 Å². The van der Waals surface area contributed by atoms with Gasteiger partial charge < -0.3 is 9.59 Å². The molecule has 0 saturated carbocycles. The number of unbranched alkanes of at least 4 members (excludes halogenated alkanes) is 10. The third-order valence-electron chi connectivity index (χ3n) is 29.7. The van der Waals surface area contributed by atoms with Crippen molar-refractivity contribution in [1.29, 1.82) is 0 Å². The minimum absolute atomic E-state index is 0.287. The topological polar surface area (TPSA) is 34.1 Å². The first-order valence-corrected chi connectivity index (χ1v) is 51.4. The predicted molar refractivity (Wildman–Crippen MR) is 600 cm³/mol. The van der Waals surface area contributed by atoms with Crippen molar-refractivity contribution >= 4 is 141 Å². The fourth-order valence-corrected chi connectivity index (χ4v) is 19.4. The summed E-state index contributed by atoms with van der Waals surface area (Å²) in [5, 5.41) is 33.2. The molecule has 2 nitrogen and oxygen atoms in total. The van der Waals surface area contributed by atoms with E-state index in [0.29, 0.717) is 11.7 Å². The van der Waals surface area contributed by atoms with Crippen LogP contribution in [0.25, 0.3) is 129 Å². The Morgan fingerprint density at radius 3 is 0.421 bits per heavy atom. The summed E-state index contributed by atoms with van der Waals surface area (Å²) >= 11 is 0. The molecule has 16 aromatic rings. The molecule has 0 spiro atoms. The molecule has 16 rings (SSSR count). The summed E-state index contributed by atoms with van der Waals surface area (Å²) < 4.78 is 0. The fourth-order valence-electron chi connectivity index (χ4n) is 19.4. The lowest BCUT2D eigenvalue weighted by Gasteiger charge is -2.16. The molecule has 0 bridgehead atoms. The number of rotatable bonds is 20. The van der Waals surface area contributed by atoms with E-state index in [0.717, 1.165) is 31.1 Å². The Kier molecular flexibility index (Phi) is 38.8. The van der Waals surface area contributed by atoms with Gasteiger partial charge in [-0.1, -0.05) is 311 Å². The predicted octanol–water partition coefficient (Wildman–Crippen LogP) is 40.6. The van der Waals surface area contributed by atoms with Crippen LogP contribution in [0.1, 0.15) is 332 Å². The highest BCUT2D eigenvalue weighted by atomic mass is 16.1. The summed E-state index contributed by atoms with van der Waals surface area (Å²) in [6.07, 6.45) is 24.6. The highest BCUT2D eigenvalue weighted by molar-refractivity contribution is 6.30. The van der Waals surface area contributed by atoms with E-state index in [4.69, 9.17) is 0 Å². The van der Waals surface area contributed by atoms with Gasteiger partial charge >= 0.3 is 0 Å². The summed E-state index contributed by atoms with van der Waals surface area (Å²) in [7, 11) is 0. The molecule has 0 fully saturated rings. The molecule has 0 N–H and O–H groups in total. The molecule has 0 atom stereocenters. The fraction of sp³-hybridized carbons (Fsp3) is 0.435. The van der Waals surface area contributed by atoms with Crippen LogP contribution in [-0.2, 0) is 9.59 Å². The zero-order chi connectivity index (χ0) is 98.0. The molecule has 706 valence electrons. The second kappa shape index (κ2) is 48.4. The van der Waals surface area contributed by atoms with Gasteiger partial charge in [0.25, 0.3) is 0 Å². The van der Waals surface area contributed by atoms with Crippen molar-refractivity contribution in [2.45, 2.75) is 364 Å². The Hall–Kier alpha value is -10.0. The number of hydrogen-bond acceptors (Lipinski definition) is 2. The van der Waals surface area contributed by atoms with Crippen molar-refractivity contribution in [3.63, 3.8) is 0 Å². The maximum Gasteiger partial charge on any atom is 0.130 e. The second-order valence-corrected chi connectivity index (χ2v) is 41.7. The lowest BCUT2D eigenvalue weighted by molar-refractivity contribution is -0.118. The van der Waals surface area contributed by atoms with Crippen molar-refractivity contribution < 1.29 is 9.59 Å². The SMILES string of the molecule is CC(=O)CC(C)C.CCCC(C)C.CCCCCC(CC)CC.CCCCCCCCCCCC(C)=O.Cc1cc2c3cc(C)c(C)cc3c3cc(C)c(C)cc3c2cc1C.Cc1cc2c3cc(C)c(C)cc3c3cc(C)c(C)cc3c2cc1C.Cc1cc2c3cc(C)c(C)cc3c3cc(C)c(C)cc3c2cc1C.Cc1cc2c3cc(C)c(C)cc3c3cc(C)c(C)cc3c2cc1C. The van der Waals surface area contributed by atoms with E-state index in [1.54, 1.807) is 13.8 Å². The monoisotopic (exact) mass is 1780 g/mol. The van der Waals surface area contributed by atoms with E-state index in [9.17, 15) is 9.59 Å². The van der Waals surface area contributed by atoms with Crippen LogP contribution in [0.4, 0.5) is 0 Å². The number of benzene rings is 16. The minimum atomic E-state index is 0.287. The van der Waals surface area contributed by atoms with Gasteiger partial charge in [-0.3, -0.25) is 0 Å². The highest BCUT2D eigenvalue weighted by Gasteiger charge is 2.19. The molecule has 133 heavy (non-hydrogen) atoms. The molecule has 0 aromatic heterocycles. The van der Waals surface area contributed by atoms with Crippen LogP contribution < -0.4 is 0 Å². The largest absolute Gasteiger partial charge is 0.300 e. The van der Waals surface area contributed by atoms with E-state index in [1.807, 2.05) is 13.8 Å². The molecule has 0 saturated heterocycles. The van der Waals surface area contributed by atoms with E-state index in [1.165, 1.54) is 366 Å². The van der Waals surface area contributed by atoms with E-state index < -0.39 is 0 Å². The van der Waals surface area contributed by atoms with Crippen LogP contribution in [0, 0.1) is 184 Å². The van der Waals surface area contributed by atoms with Gasteiger partial charge in [0.2, 0.25) is 0 Å². The Labute approximate surface area is 806 Å². The third-order valence-corrected chi connectivity index (χ3v) is 29.7. The first-order valence-electron chi connectivity index (χ1n) is 51.4. The molecule has 0 aliphatic heterocycles. The third kappa shape index (κ3) is 26.6. The first kappa shape index (κ1) is 107. The lowest BCUT2D eigenvalue weighted by Crippen LogP contribution is -1.95. The molecule has 0 heterocycles. The molecule has 2 heteroatoms. The van der Waals surface area contributed by atoms with E-state index in [-0.39, 0.29) is 5.78 Å². The Morgan fingerprint density at radius 1 is 0.180 bits per heavy atom. The van der Waals surface area contributed by atoms with Crippen LogP contribution in [-0.4, -0.2) is 11.6 Å². The van der Waals surface area contributed by atoms with Gasteiger partial charge in [-0.25, -0.2) is 0 Å². The first-order chi connectivity index (χ1) is 63.0. The maximum absolute atomic E-state index is 10.7. The Balaban J connectivity index is 0.000000178. The van der Waals surface area contributed by atoms with Crippen molar-refractivity contribution in [3.05, 3.63) is 279 Å². The van der Waals surface area contributed by atoms with Crippen molar-refractivity contribution in [3.8, 4) is 0 Å². The Morgan fingerprint density at radius 2 is 0.323 bits per heavy atom. The zero-order valence-corrected chi connectivity index (χ0v) is 89.8. The average Bonchev–Trinajstić information content (AvgIpc) is 0.747. The number of carbonyl (C=O) groups excluding carboxylic acids is 2. The quantitative estimate of drug-likeness (QED) is 0.0563. The van der Waals surface area contributed by atoms with Crippen LogP contribution in [0.3, 0.4) is 0 Å². The van der Waals surface area contributed by atoms with Crippen molar-refractivity contribution in [2.75, 3.05) is 0 Å². The Bertz CT molecular complexity index is 5060. The molecule has 0 unspecified atom stereocenters. The van der Waals surface area contributed by atoms with Crippen molar-refractivity contribution in [1.82, 2.24) is 0 Å². The van der Waals surface area contributed by atoms with Crippen LogP contribution in [0.15, 0.2) is 146 Å². The number of aryl methyl sites for hydroxylation is 24. The van der Waals surface area contributed by atoms with Gasteiger partial charge in [-0.15, -0.1) is 0 Å². The number of ketones is 2. The van der Waals surface area contributed by atoms with Crippen LogP contribution in [0.2, 0.25) is 0 Å². The average molecular weight is 1780 g/mol. The van der Waals surface area contributed by atoms with Crippen LogP contribution >= 0.6 is 0 Å². The standard InChI is InChI=1S/4C24H24.C13H26O.C10H22.C6H12O.C6H14/c4*1-13-7-19-20(8-14(13)2)22-10-16(4)18(6)12-24(22)23-11-17(5)15(3)9-21(19)23;1-3-4-5-6-7-8-9-10-11-12-13(2)14;1-4-7-8-9-10(5-2)6-3;1-5(2)4-6(3)7;1-4-5-6(2)3/h4*7-12H,1-6H3;3-12H2,1-2H3;10H,4-9H2,1-3H3;5H,4H2,1-3H3;6H,4-5H2,1-3H3. The van der Waals surface area contributed by atoms with Gasteiger partial charge in [0.15, 0.2) is 0 Å². The normalized spacial score (nSPS) is 11.4. The number of hydrogen-bond donors (Lipinski definition) is 0. The van der Waals surface area contributed by atoms with Gasteiger partial charge in [0.1, 0.15) is 11.6 Å². The van der Waals surface area contributed by atoms with Gasteiger partial charge in [-0.05, 0) is 467 Å². The molecule has 0 radical (unpaired) electrons. The maximum atomic E-state index is 10.7. The lowest BCUT2D eigenvalue weighted by atomic mass is 9.88. The molecular formula is C131H170O2. The highest BCUT2D eigenvalue weighted by Crippen LogP contribution is 2.45. The van der Waals surface area contributed by atoms with Crippen molar-refractivity contribution in [2.24, 2.45) is 17.8 Å². The number of fused-ring (bicyclic) bond motifs is 24. The number of Topliss-reactive ketones (excluding diaryl/α,β-unsaturated/α-hetero) is 2. The second-order valence-electron chi connectivity index (χ2n) is 41.7. The van der Waals surface area contributed by atoms with Gasteiger partial charge in [0, 0.05) is 12.8 Å². The van der Waals surface area contributed by atoms with Crippen LogP contribution in [0.5, 0.6) is 0 Å². The van der Waals surface area contributed by atoms with E-state index in [2.05, 4.69) is 360 Å². The molecular weight excluding hydrogens is 1610 g/mol. The number of carbonyl (C=O) groups is 2. The summed E-state index contributed by atoms with van der Waals surface area (Å²) in [4.78, 5) is 20.9. The molecule has 0 aliphatic carbocycles. The summed E-state index contributed by atoms with van der Waals surface area (Å²) in [5.74, 6) is 3.06. The smallest absolute Gasteiger partial charge is 0.130 e. The molecule has 0 amide bonds. The summed E-state index contributed by atoms with van der Waals surface area (Å²) in [5.41, 5.74) is 32.8. The zero-order valence-electron chi connectivity index (χ0n) is 89.8.